The molecule has 0 bridgehead atoms. The summed E-state index contributed by atoms with van der Waals surface area (Å²) in [6, 6.07) is 10.4. The fourth-order valence-electron chi connectivity index (χ4n) is 4.11. The van der Waals surface area contributed by atoms with E-state index in [1.807, 2.05) is 0 Å². The van der Waals surface area contributed by atoms with Gasteiger partial charge in [0.05, 0.1) is 11.1 Å². The van der Waals surface area contributed by atoms with Gasteiger partial charge in [0.25, 0.3) is 0 Å². The summed E-state index contributed by atoms with van der Waals surface area (Å²) in [5, 5.41) is 0. The quantitative estimate of drug-likeness (QED) is 0.0968. The molecule has 1 aliphatic heterocycles. The van der Waals surface area contributed by atoms with Crippen molar-refractivity contribution in [3.63, 3.8) is 0 Å². The average Bonchev–Trinajstić information content (AvgIpc) is 3.21. The molecule has 1 heterocycles. The zero-order valence-corrected chi connectivity index (χ0v) is 19.7. The lowest BCUT2D eigenvalue weighted by Crippen LogP contribution is -2.05. The van der Waals surface area contributed by atoms with E-state index in [0.717, 1.165) is 36.4 Å². The molecule has 13 heteroatoms. The molecule has 1 nitrogen and oxygen atoms in total. The Balaban J connectivity index is 1.57. The zero-order chi connectivity index (χ0) is 28.4. The van der Waals surface area contributed by atoms with Crippen LogP contribution in [0, 0.1) is 29.1 Å². The van der Waals surface area contributed by atoms with E-state index in [1.54, 1.807) is 0 Å². The highest BCUT2D eigenvalue weighted by molar-refractivity contribution is 8.17. The molecular formula is C26H11F11OS. The Hall–Kier alpha value is -3.74. The molecule has 0 saturated carbocycles. The third-order valence-electron chi connectivity index (χ3n) is 5.90. The summed E-state index contributed by atoms with van der Waals surface area (Å²) in [4.78, 5) is 1.08. The highest BCUT2D eigenvalue weighted by Crippen LogP contribution is 2.63. The lowest BCUT2D eigenvalue weighted by atomic mass is 10.0. The van der Waals surface area contributed by atoms with Crippen LogP contribution >= 0.6 is 10.9 Å². The summed E-state index contributed by atoms with van der Waals surface area (Å²) in [5.74, 6) is -13.0. The van der Waals surface area contributed by atoms with Gasteiger partial charge in [0.15, 0.2) is 0 Å². The number of hydrogen-bond acceptors (Lipinski definition) is 1. The first-order valence-corrected chi connectivity index (χ1v) is 12.0. The van der Waals surface area contributed by atoms with Crippen LogP contribution in [-0.2, 0) is 12.4 Å². The predicted molar refractivity (Wildman–Crippen MR) is 118 cm³/mol. The second-order valence-electron chi connectivity index (χ2n) is 8.29. The summed E-state index contributed by atoms with van der Waals surface area (Å²) in [7, 11) is -1.68. The van der Waals surface area contributed by atoms with E-state index in [0.29, 0.717) is 14.7 Å². The van der Waals surface area contributed by atoms with Gasteiger partial charge in [0.1, 0.15) is 5.75 Å². The third kappa shape index (κ3) is 4.58. The summed E-state index contributed by atoms with van der Waals surface area (Å²) in [6.07, 6.45) is -9.49. The van der Waals surface area contributed by atoms with Crippen molar-refractivity contribution < 1.29 is 53.0 Å². The van der Waals surface area contributed by atoms with E-state index in [2.05, 4.69) is 0 Å². The highest BCUT2D eigenvalue weighted by atomic mass is 32.2. The summed E-state index contributed by atoms with van der Waals surface area (Å²) < 4.78 is 153. The Morgan fingerprint density at radius 2 is 0.923 bits per heavy atom. The van der Waals surface area contributed by atoms with Crippen LogP contribution in [0.25, 0.3) is 11.1 Å². The number of fused-ring (bicyclic) bond motifs is 3. The van der Waals surface area contributed by atoms with Crippen molar-refractivity contribution in [2.75, 3.05) is 0 Å². The highest BCUT2D eigenvalue weighted by Gasteiger charge is 2.37. The molecule has 39 heavy (non-hydrogen) atoms. The van der Waals surface area contributed by atoms with E-state index >= 15 is 0 Å². The van der Waals surface area contributed by atoms with Crippen molar-refractivity contribution >= 4 is 10.9 Å². The fourth-order valence-corrected chi connectivity index (χ4v) is 6.67. The van der Waals surface area contributed by atoms with Crippen LogP contribution in [0.2, 0.25) is 0 Å². The van der Waals surface area contributed by atoms with Crippen molar-refractivity contribution in [1.29, 1.82) is 0 Å². The Morgan fingerprint density at radius 1 is 0.513 bits per heavy atom. The molecule has 4 aromatic rings. The minimum atomic E-state index is -4.75. The summed E-state index contributed by atoms with van der Waals surface area (Å²) in [6.45, 7) is 0. The second-order valence-corrected chi connectivity index (χ2v) is 10.4. The number of halogens is 11. The fraction of sp³-hybridized carbons (Fsp3) is 0.0769. The van der Waals surface area contributed by atoms with Crippen LogP contribution < -0.4 is 4.74 Å². The Kier molecular flexibility index (Phi) is 6.32. The van der Waals surface area contributed by atoms with Crippen molar-refractivity contribution in [2.45, 2.75) is 27.0 Å². The molecule has 0 unspecified atom stereocenters. The second kappa shape index (κ2) is 9.18. The molecule has 0 fully saturated rings. The summed E-state index contributed by atoms with van der Waals surface area (Å²) >= 11 is 0. The minimum absolute atomic E-state index is 0.0289. The molecule has 0 amide bonds. The van der Waals surface area contributed by atoms with Gasteiger partial charge in [-0.05, 0) is 76.7 Å². The van der Waals surface area contributed by atoms with Gasteiger partial charge in [-0.15, -0.1) is 0 Å². The van der Waals surface area contributed by atoms with E-state index in [1.165, 1.54) is 24.3 Å². The van der Waals surface area contributed by atoms with E-state index in [9.17, 15) is 48.3 Å². The first-order chi connectivity index (χ1) is 18.2. The normalized spacial score (nSPS) is 13.9. The molecule has 1 aliphatic rings. The SMILES string of the molecule is Fc1c(F)c(F)c(Oc2ccc([SH]3c4ccc(C(F)(F)F)cc4-c4cc(C(F)(F)F)ccc43)cc2)c(F)c1F. The number of alkyl halides is 6. The number of rotatable bonds is 3. The van der Waals surface area contributed by atoms with E-state index < -0.39 is 69.2 Å². The van der Waals surface area contributed by atoms with Gasteiger partial charge >= 0.3 is 12.4 Å². The Morgan fingerprint density at radius 3 is 1.33 bits per heavy atom. The molecule has 204 valence electrons. The van der Waals surface area contributed by atoms with E-state index in [4.69, 9.17) is 4.74 Å². The van der Waals surface area contributed by atoms with Gasteiger partial charge < -0.3 is 4.74 Å². The van der Waals surface area contributed by atoms with Crippen LogP contribution in [-0.4, -0.2) is 0 Å². The van der Waals surface area contributed by atoms with Crippen LogP contribution in [0.15, 0.2) is 75.4 Å². The van der Waals surface area contributed by atoms with Gasteiger partial charge in [0, 0.05) is 9.79 Å². The van der Waals surface area contributed by atoms with Gasteiger partial charge in [-0.1, -0.05) is 0 Å². The van der Waals surface area contributed by atoms with Crippen molar-refractivity contribution in [1.82, 2.24) is 0 Å². The smallest absolute Gasteiger partial charge is 0.416 e. The Labute approximate surface area is 214 Å². The molecule has 0 N–H and O–H groups in total. The third-order valence-corrected chi connectivity index (χ3v) is 8.46. The van der Waals surface area contributed by atoms with Gasteiger partial charge in [-0.2, -0.15) is 46.0 Å². The molecule has 0 aromatic heterocycles. The van der Waals surface area contributed by atoms with E-state index in [-0.39, 0.29) is 16.9 Å². The van der Waals surface area contributed by atoms with Crippen LogP contribution in [0.4, 0.5) is 48.3 Å². The van der Waals surface area contributed by atoms with Crippen LogP contribution in [0.1, 0.15) is 11.1 Å². The number of ether oxygens (including phenoxy) is 1. The zero-order valence-electron chi connectivity index (χ0n) is 18.8. The molecule has 5 rings (SSSR count). The molecule has 0 radical (unpaired) electrons. The maximum atomic E-state index is 14.0. The monoisotopic (exact) mass is 580 g/mol. The first-order valence-electron chi connectivity index (χ1n) is 10.7. The molecule has 0 saturated heterocycles. The van der Waals surface area contributed by atoms with Gasteiger partial charge in [-0.3, -0.25) is 0 Å². The van der Waals surface area contributed by atoms with Crippen LogP contribution in [0.3, 0.4) is 0 Å². The number of thiol groups is 1. The Bertz CT molecular complexity index is 1520. The van der Waals surface area contributed by atoms with Crippen molar-refractivity contribution in [3.05, 3.63) is 101 Å². The topological polar surface area (TPSA) is 9.23 Å². The summed E-state index contributed by atoms with van der Waals surface area (Å²) in [5.41, 5.74) is -2.15. The average molecular weight is 580 g/mol. The maximum Gasteiger partial charge on any atom is 0.416 e. The lowest BCUT2D eigenvalue weighted by Gasteiger charge is -2.20. The minimum Gasteiger partial charge on any atom is -0.451 e. The van der Waals surface area contributed by atoms with Gasteiger partial charge in [0.2, 0.25) is 34.8 Å². The van der Waals surface area contributed by atoms with Crippen molar-refractivity contribution in [3.8, 4) is 22.6 Å². The van der Waals surface area contributed by atoms with Crippen molar-refractivity contribution in [2.24, 2.45) is 0 Å². The molecule has 0 atom stereocenters. The molecule has 4 aromatic carbocycles. The lowest BCUT2D eigenvalue weighted by molar-refractivity contribution is -0.138. The standard InChI is InChI=1S/C26H11F11OS/c27-19-20(28)22(30)24(23(31)21(19)29)38-13-3-5-14(6-4-13)39-17-7-1-11(25(32,33)34)9-15(17)16-10-12(26(35,36)37)2-8-18(16)39/h1-10,39H. The molecular weight excluding hydrogens is 569 g/mol. The number of hydrogen-bond donors (Lipinski definition) is 1. The largest absolute Gasteiger partial charge is 0.451 e. The first kappa shape index (κ1) is 26.9. The maximum absolute atomic E-state index is 14.0. The van der Waals surface area contributed by atoms with Crippen LogP contribution in [0.5, 0.6) is 11.5 Å². The number of benzene rings is 4. The predicted octanol–water partition coefficient (Wildman–Crippen LogP) is 9.67. The van der Waals surface area contributed by atoms with Gasteiger partial charge in [-0.25, -0.2) is 13.2 Å². The molecule has 0 aliphatic carbocycles. The molecule has 0 spiro atoms.